The van der Waals surface area contributed by atoms with Crippen LogP contribution in [0.3, 0.4) is 0 Å². The van der Waals surface area contributed by atoms with Crippen molar-refractivity contribution < 1.29 is 13.9 Å². The minimum atomic E-state index is -0.258. The van der Waals surface area contributed by atoms with Crippen molar-refractivity contribution in [1.29, 1.82) is 0 Å². The third kappa shape index (κ3) is 8.49. The molecule has 0 radical (unpaired) electrons. The van der Waals surface area contributed by atoms with Crippen LogP contribution in [0.2, 0.25) is 0 Å². The fourth-order valence-electron chi connectivity index (χ4n) is 1.81. The van der Waals surface area contributed by atoms with Crippen molar-refractivity contribution >= 4 is 5.78 Å². The Hall–Kier alpha value is -1.38. The molecule has 0 aromatic heterocycles. The van der Waals surface area contributed by atoms with Crippen LogP contribution in [0.25, 0.3) is 0 Å². The summed E-state index contributed by atoms with van der Waals surface area (Å²) < 4.78 is 19.6. The summed E-state index contributed by atoms with van der Waals surface area (Å²) in [6.45, 7) is 10.2. The molecule has 0 N–H and O–H groups in total. The molecule has 21 heavy (non-hydrogen) atoms. The zero-order valence-electron chi connectivity index (χ0n) is 14.0. The number of unbranched alkanes of at least 4 members (excludes halogenated alkanes) is 1. The average Bonchev–Trinajstić information content (AvgIpc) is 2.45. The van der Waals surface area contributed by atoms with Gasteiger partial charge < -0.3 is 9.53 Å². The lowest BCUT2D eigenvalue weighted by molar-refractivity contribution is -0.117. The van der Waals surface area contributed by atoms with Crippen LogP contribution in [-0.2, 0) is 11.2 Å². The van der Waals surface area contributed by atoms with E-state index in [1.54, 1.807) is 19.1 Å². The summed E-state index contributed by atoms with van der Waals surface area (Å²) in [5, 5.41) is 0. The monoisotopic (exact) mass is 296 g/mol. The Labute approximate surface area is 128 Å². The molecule has 2 nitrogen and oxygen atoms in total. The summed E-state index contributed by atoms with van der Waals surface area (Å²) in [6.07, 6.45) is 2.86. The van der Waals surface area contributed by atoms with E-state index in [9.17, 15) is 9.18 Å². The van der Waals surface area contributed by atoms with Crippen LogP contribution in [-0.4, -0.2) is 12.4 Å². The maximum atomic E-state index is 14.1. The van der Waals surface area contributed by atoms with E-state index in [2.05, 4.69) is 0 Å². The van der Waals surface area contributed by atoms with Crippen LogP contribution in [0.15, 0.2) is 18.2 Å². The van der Waals surface area contributed by atoms with Gasteiger partial charge in [-0.15, -0.1) is 0 Å². The van der Waals surface area contributed by atoms with Gasteiger partial charge in [0.2, 0.25) is 0 Å². The molecule has 0 atom stereocenters. The molecule has 3 heteroatoms. The summed E-state index contributed by atoms with van der Waals surface area (Å²) in [4.78, 5) is 10.8. The van der Waals surface area contributed by atoms with E-state index in [1.165, 1.54) is 0 Å². The molecule has 0 unspecified atom stereocenters. The highest BCUT2D eigenvalue weighted by atomic mass is 19.1. The maximum Gasteiger partial charge on any atom is 0.168 e. The predicted octanol–water partition coefficient (Wildman–Crippen LogP) is 5.19. The molecule has 1 aromatic rings. The Morgan fingerprint density at radius 2 is 1.90 bits per heavy atom. The highest BCUT2D eigenvalue weighted by Gasteiger charge is 2.09. The quantitative estimate of drug-likeness (QED) is 0.617. The highest BCUT2D eigenvalue weighted by molar-refractivity contribution is 5.75. The second-order valence-electron chi connectivity index (χ2n) is 5.34. The minimum Gasteiger partial charge on any atom is -0.490 e. The van der Waals surface area contributed by atoms with Gasteiger partial charge in [0.25, 0.3) is 0 Å². The predicted molar refractivity (Wildman–Crippen MR) is 86.3 cm³/mol. The average molecular weight is 296 g/mol. The number of carbonyl (C=O) groups is 1. The van der Waals surface area contributed by atoms with E-state index in [-0.39, 0.29) is 11.6 Å². The number of aryl methyl sites for hydroxylation is 1. The lowest BCUT2D eigenvalue weighted by Gasteiger charge is -2.11. The number of rotatable bonds is 8. The number of hydrogen-bond acceptors (Lipinski definition) is 2. The molecule has 0 saturated heterocycles. The first-order valence-electron chi connectivity index (χ1n) is 7.90. The van der Waals surface area contributed by atoms with Crippen LogP contribution < -0.4 is 4.74 Å². The van der Waals surface area contributed by atoms with Crippen molar-refractivity contribution in [3.63, 3.8) is 0 Å². The number of benzene rings is 1. The molecule has 1 aromatic carbocycles. The molecule has 0 spiro atoms. The second-order valence-corrected chi connectivity index (χ2v) is 5.34. The van der Waals surface area contributed by atoms with Crippen molar-refractivity contribution in [2.45, 2.75) is 60.3 Å². The third-order valence-electron chi connectivity index (χ3n) is 2.84. The van der Waals surface area contributed by atoms with Crippen LogP contribution in [0.5, 0.6) is 5.75 Å². The lowest BCUT2D eigenvalue weighted by atomic mass is 10.1. The van der Waals surface area contributed by atoms with Gasteiger partial charge in [-0.3, -0.25) is 0 Å². The number of Topliss-reactive ketones (excluding diaryl/α,β-unsaturated/α-hetero) is 1. The highest BCUT2D eigenvalue weighted by Crippen LogP contribution is 2.22. The molecule has 0 bridgehead atoms. The van der Waals surface area contributed by atoms with Gasteiger partial charge in [-0.2, -0.15) is 0 Å². The van der Waals surface area contributed by atoms with Crippen LogP contribution >= 0.6 is 0 Å². The third-order valence-corrected chi connectivity index (χ3v) is 2.84. The van der Waals surface area contributed by atoms with Crippen molar-refractivity contribution in [3.05, 3.63) is 29.6 Å². The first kappa shape index (κ1) is 19.6. The van der Waals surface area contributed by atoms with Gasteiger partial charge in [-0.05, 0) is 43.7 Å². The van der Waals surface area contributed by atoms with Gasteiger partial charge in [0.15, 0.2) is 11.6 Å². The van der Waals surface area contributed by atoms with Crippen molar-refractivity contribution in [3.8, 4) is 5.75 Å². The molecule has 0 fully saturated rings. The summed E-state index contributed by atoms with van der Waals surface area (Å²) in [6, 6.07) is 5.27. The van der Waals surface area contributed by atoms with Gasteiger partial charge in [0, 0.05) is 6.42 Å². The van der Waals surface area contributed by atoms with Crippen LogP contribution in [0.1, 0.15) is 59.4 Å². The summed E-state index contributed by atoms with van der Waals surface area (Å²) in [5.74, 6) is 0.636. The zero-order chi connectivity index (χ0) is 16.3. The van der Waals surface area contributed by atoms with E-state index in [0.717, 1.165) is 12.8 Å². The molecule has 0 aliphatic heterocycles. The van der Waals surface area contributed by atoms with Crippen LogP contribution in [0.4, 0.5) is 4.39 Å². The fourth-order valence-corrected chi connectivity index (χ4v) is 1.81. The molecular formula is C18H29FO2. The first-order chi connectivity index (χ1) is 10.0. The number of halogens is 1. The molecule has 0 amide bonds. The largest absolute Gasteiger partial charge is 0.490 e. The molecule has 120 valence electrons. The number of hydrogen-bond donors (Lipinski definition) is 0. The summed E-state index contributed by atoms with van der Waals surface area (Å²) in [5.41, 5.74) is 0.671. The van der Waals surface area contributed by atoms with E-state index in [4.69, 9.17) is 4.74 Å². The molecule has 0 aliphatic rings. The Balaban J connectivity index is 0.00000191. The minimum absolute atomic E-state index is 0.189. The second kappa shape index (κ2) is 11.3. The summed E-state index contributed by atoms with van der Waals surface area (Å²) in [7, 11) is 0. The molecular weight excluding hydrogens is 267 g/mol. The standard InChI is InChI=1S/C16H23FO2.C2H6/c1-12(2)11-19-15-10-6-9-14(16(15)17)8-5-4-7-13(3)18;1-2/h6,9-10,12H,4-5,7-8,11H2,1-3H3;1-2H3. The number of ketones is 1. The maximum absolute atomic E-state index is 14.1. The van der Waals surface area contributed by atoms with Crippen molar-refractivity contribution in [2.24, 2.45) is 5.92 Å². The molecule has 0 saturated carbocycles. The Morgan fingerprint density at radius 3 is 2.48 bits per heavy atom. The van der Waals surface area contributed by atoms with E-state index >= 15 is 0 Å². The lowest BCUT2D eigenvalue weighted by Crippen LogP contribution is -2.06. The van der Waals surface area contributed by atoms with E-state index < -0.39 is 0 Å². The van der Waals surface area contributed by atoms with Crippen LogP contribution in [0, 0.1) is 11.7 Å². The van der Waals surface area contributed by atoms with Gasteiger partial charge in [0.1, 0.15) is 5.78 Å². The Bertz CT molecular complexity index is 414. The van der Waals surface area contributed by atoms with Gasteiger partial charge >= 0.3 is 0 Å². The van der Waals surface area contributed by atoms with Gasteiger partial charge in [-0.1, -0.05) is 39.8 Å². The summed E-state index contributed by atoms with van der Waals surface area (Å²) >= 11 is 0. The molecule has 1 rings (SSSR count). The van der Waals surface area contributed by atoms with E-state index in [0.29, 0.717) is 36.7 Å². The SMILES string of the molecule is CC.CC(=O)CCCCc1cccc(OCC(C)C)c1F. The Morgan fingerprint density at radius 1 is 1.24 bits per heavy atom. The van der Waals surface area contributed by atoms with Crippen molar-refractivity contribution in [2.75, 3.05) is 6.61 Å². The number of carbonyl (C=O) groups excluding carboxylic acids is 1. The first-order valence-corrected chi connectivity index (χ1v) is 7.90. The Kier molecular flexibility index (Phi) is 10.6. The topological polar surface area (TPSA) is 26.3 Å². The molecule has 0 aliphatic carbocycles. The van der Waals surface area contributed by atoms with E-state index in [1.807, 2.05) is 33.8 Å². The smallest absolute Gasteiger partial charge is 0.168 e. The number of ether oxygens (including phenoxy) is 1. The van der Waals surface area contributed by atoms with Gasteiger partial charge in [-0.25, -0.2) is 4.39 Å². The normalized spacial score (nSPS) is 10.0. The zero-order valence-corrected chi connectivity index (χ0v) is 14.0. The fraction of sp³-hybridized carbons (Fsp3) is 0.611. The van der Waals surface area contributed by atoms with Crippen molar-refractivity contribution in [1.82, 2.24) is 0 Å². The van der Waals surface area contributed by atoms with Gasteiger partial charge in [0.05, 0.1) is 6.61 Å². The molecule has 0 heterocycles.